The topological polar surface area (TPSA) is 64.2 Å². The van der Waals surface area contributed by atoms with E-state index in [1.165, 1.54) is 37.6 Å². The summed E-state index contributed by atoms with van der Waals surface area (Å²) in [5, 5.41) is 0.594. The zero-order chi connectivity index (χ0) is 20.8. The van der Waals surface area contributed by atoms with Gasteiger partial charge in [0.2, 0.25) is 10.0 Å². The number of halogens is 3. The van der Waals surface area contributed by atoms with Gasteiger partial charge in [0.25, 0.3) is 0 Å². The zero-order valence-corrected chi connectivity index (χ0v) is 15.9. The molecular weight excluding hydrogens is 405 g/mol. The number of nitrogens with one attached hydrogen (secondary N) is 1. The number of sulfonamides is 1. The smallest absolute Gasteiger partial charge is 0.416 e. The van der Waals surface area contributed by atoms with Gasteiger partial charge in [0.05, 0.1) is 22.2 Å². The van der Waals surface area contributed by atoms with Crippen molar-refractivity contribution in [1.82, 2.24) is 9.29 Å². The molecule has 29 heavy (non-hydrogen) atoms. The van der Waals surface area contributed by atoms with Crippen LogP contribution in [0.5, 0.6) is 0 Å². The molecule has 5 nitrogen and oxygen atoms in total. The van der Waals surface area contributed by atoms with Crippen LogP contribution in [0.1, 0.15) is 5.56 Å². The van der Waals surface area contributed by atoms with E-state index in [-0.39, 0.29) is 4.90 Å². The normalized spacial score (nSPS) is 12.6. The molecule has 0 unspecified atom stereocenters. The third-order valence-corrected chi connectivity index (χ3v) is 6.03. The Morgan fingerprint density at radius 2 is 1.76 bits per heavy atom. The largest absolute Gasteiger partial charge is 0.464 e. The molecule has 0 saturated heterocycles. The molecule has 0 saturated carbocycles. The number of nitrogens with zero attached hydrogens (tertiary/aromatic N) is 1. The fourth-order valence-electron chi connectivity index (χ4n) is 3.15. The lowest BCUT2D eigenvalue weighted by atomic mass is 10.1. The van der Waals surface area contributed by atoms with Crippen molar-refractivity contribution in [3.8, 4) is 17.0 Å². The predicted molar refractivity (Wildman–Crippen MR) is 102 cm³/mol. The van der Waals surface area contributed by atoms with Crippen LogP contribution in [0.2, 0.25) is 0 Å². The summed E-state index contributed by atoms with van der Waals surface area (Å²) >= 11 is 0. The van der Waals surface area contributed by atoms with E-state index in [4.69, 9.17) is 4.42 Å². The Bertz CT molecular complexity index is 1270. The lowest BCUT2D eigenvalue weighted by molar-refractivity contribution is -0.137. The van der Waals surface area contributed by atoms with E-state index in [2.05, 4.69) is 4.72 Å². The predicted octanol–water partition coefficient (Wildman–Crippen LogP) is 4.82. The van der Waals surface area contributed by atoms with Crippen LogP contribution in [0.15, 0.2) is 76.4 Å². The van der Waals surface area contributed by atoms with Crippen LogP contribution < -0.4 is 4.72 Å². The SMILES string of the molecule is CNS(=O)(=O)c1ccc2c(c1)c(-c1ccco1)cn2-c1ccc(C(F)(F)F)cc1. The molecule has 0 fully saturated rings. The van der Waals surface area contributed by atoms with Crippen LogP contribution in [0, 0.1) is 0 Å². The van der Waals surface area contributed by atoms with Gasteiger partial charge in [-0.2, -0.15) is 13.2 Å². The number of alkyl halides is 3. The minimum Gasteiger partial charge on any atom is -0.464 e. The molecular formula is C20H15F3N2O3S. The molecule has 2 aromatic heterocycles. The van der Waals surface area contributed by atoms with Crippen molar-refractivity contribution in [3.63, 3.8) is 0 Å². The highest BCUT2D eigenvalue weighted by Gasteiger charge is 2.30. The Morgan fingerprint density at radius 1 is 1.03 bits per heavy atom. The minimum absolute atomic E-state index is 0.0745. The molecule has 1 N–H and O–H groups in total. The summed E-state index contributed by atoms with van der Waals surface area (Å²) in [6, 6.07) is 12.7. The molecule has 0 radical (unpaired) electrons. The number of furan rings is 1. The highest BCUT2D eigenvalue weighted by molar-refractivity contribution is 7.89. The summed E-state index contributed by atoms with van der Waals surface area (Å²) in [6.45, 7) is 0. The van der Waals surface area contributed by atoms with Gasteiger partial charge >= 0.3 is 6.18 Å². The van der Waals surface area contributed by atoms with Crippen LogP contribution >= 0.6 is 0 Å². The van der Waals surface area contributed by atoms with Crippen LogP contribution in [0.25, 0.3) is 27.9 Å². The lowest BCUT2D eigenvalue weighted by Crippen LogP contribution is -2.18. The number of benzene rings is 2. The molecule has 0 atom stereocenters. The Balaban J connectivity index is 1.94. The summed E-state index contributed by atoms with van der Waals surface area (Å²) in [5.74, 6) is 0.514. The molecule has 0 aliphatic rings. The van der Waals surface area contributed by atoms with E-state index < -0.39 is 21.8 Å². The Kier molecular flexibility index (Phi) is 4.51. The van der Waals surface area contributed by atoms with Gasteiger partial charge in [-0.3, -0.25) is 0 Å². The number of hydrogen-bond acceptors (Lipinski definition) is 3. The monoisotopic (exact) mass is 420 g/mol. The minimum atomic E-state index is -4.42. The molecule has 0 spiro atoms. The molecule has 0 aliphatic heterocycles. The maximum Gasteiger partial charge on any atom is 0.416 e. The second-order valence-electron chi connectivity index (χ2n) is 6.32. The highest BCUT2D eigenvalue weighted by Crippen LogP contribution is 2.35. The van der Waals surface area contributed by atoms with E-state index in [1.54, 1.807) is 29.0 Å². The average Bonchev–Trinajstić information content (AvgIpc) is 3.34. The number of hydrogen-bond donors (Lipinski definition) is 1. The van der Waals surface area contributed by atoms with E-state index in [1.807, 2.05) is 0 Å². The summed E-state index contributed by atoms with van der Waals surface area (Å²) in [4.78, 5) is 0.0745. The summed E-state index contributed by atoms with van der Waals surface area (Å²) in [5.41, 5.74) is 1.01. The molecule has 0 amide bonds. The van der Waals surface area contributed by atoms with Crippen LogP contribution in [0.3, 0.4) is 0 Å². The maximum absolute atomic E-state index is 12.9. The fraction of sp³-hybridized carbons (Fsp3) is 0.100. The average molecular weight is 420 g/mol. The van der Waals surface area contributed by atoms with Crippen molar-refractivity contribution in [2.45, 2.75) is 11.1 Å². The fourth-order valence-corrected chi connectivity index (χ4v) is 3.90. The third kappa shape index (κ3) is 3.43. The molecule has 9 heteroatoms. The summed E-state index contributed by atoms with van der Waals surface area (Å²) in [6.07, 6.45) is -1.22. The van der Waals surface area contributed by atoms with Crippen molar-refractivity contribution in [2.75, 3.05) is 7.05 Å². The Hall–Kier alpha value is -3.04. The first-order valence-corrected chi connectivity index (χ1v) is 9.99. The van der Waals surface area contributed by atoms with Crippen molar-refractivity contribution in [2.24, 2.45) is 0 Å². The first-order valence-electron chi connectivity index (χ1n) is 8.51. The molecule has 0 aliphatic carbocycles. The Labute approximate surface area is 164 Å². The van der Waals surface area contributed by atoms with Crippen LogP contribution in [-0.2, 0) is 16.2 Å². The van der Waals surface area contributed by atoms with Crippen molar-refractivity contribution in [1.29, 1.82) is 0 Å². The van der Waals surface area contributed by atoms with E-state index in [0.29, 0.717) is 27.9 Å². The Morgan fingerprint density at radius 3 is 2.34 bits per heavy atom. The third-order valence-electron chi connectivity index (χ3n) is 4.61. The standard InChI is InChI=1S/C20H15F3N2O3S/c1-24-29(26,27)15-8-9-18-16(11-15)17(19-3-2-10-28-19)12-25(18)14-6-4-13(5-7-14)20(21,22)23/h2-12,24H,1H3. The van der Waals surface area contributed by atoms with Gasteiger partial charge in [0, 0.05) is 22.8 Å². The van der Waals surface area contributed by atoms with Crippen molar-refractivity contribution in [3.05, 3.63) is 72.6 Å². The summed E-state index contributed by atoms with van der Waals surface area (Å²) in [7, 11) is -2.35. The van der Waals surface area contributed by atoms with E-state index in [0.717, 1.165) is 12.1 Å². The zero-order valence-electron chi connectivity index (χ0n) is 15.1. The lowest BCUT2D eigenvalue weighted by Gasteiger charge is -2.09. The van der Waals surface area contributed by atoms with Gasteiger partial charge < -0.3 is 8.98 Å². The molecule has 150 valence electrons. The van der Waals surface area contributed by atoms with E-state index in [9.17, 15) is 21.6 Å². The molecule has 2 aromatic carbocycles. The van der Waals surface area contributed by atoms with E-state index >= 15 is 0 Å². The number of aromatic nitrogens is 1. The molecule has 4 aromatic rings. The number of rotatable bonds is 4. The van der Waals surface area contributed by atoms with Gasteiger partial charge in [-0.15, -0.1) is 0 Å². The maximum atomic E-state index is 12.9. The second-order valence-corrected chi connectivity index (χ2v) is 8.21. The first-order chi connectivity index (χ1) is 13.7. The first kappa shape index (κ1) is 19.3. The van der Waals surface area contributed by atoms with Gasteiger partial charge in [-0.25, -0.2) is 13.1 Å². The highest BCUT2D eigenvalue weighted by atomic mass is 32.2. The molecule has 0 bridgehead atoms. The van der Waals surface area contributed by atoms with Gasteiger partial charge in [-0.05, 0) is 61.6 Å². The van der Waals surface area contributed by atoms with Crippen LogP contribution in [0.4, 0.5) is 13.2 Å². The summed E-state index contributed by atoms with van der Waals surface area (Å²) < 4.78 is 72.5. The second kappa shape index (κ2) is 6.78. The van der Waals surface area contributed by atoms with Gasteiger partial charge in [0.1, 0.15) is 5.76 Å². The molecule has 2 heterocycles. The molecule has 4 rings (SSSR count). The van der Waals surface area contributed by atoms with Crippen molar-refractivity contribution >= 4 is 20.9 Å². The van der Waals surface area contributed by atoms with Crippen molar-refractivity contribution < 1.29 is 26.0 Å². The quantitative estimate of drug-likeness (QED) is 0.515. The van der Waals surface area contributed by atoms with Gasteiger partial charge in [-0.1, -0.05) is 0 Å². The van der Waals surface area contributed by atoms with Crippen LogP contribution in [-0.4, -0.2) is 20.0 Å². The van der Waals surface area contributed by atoms with Gasteiger partial charge in [0.15, 0.2) is 0 Å². The number of fused-ring (bicyclic) bond motifs is 1.